The zero-order chi connectivity index (χ0) is 14.3. The predicted octanol–water partition coefficient (Wildman–Crippen LogP) is 1.04. The topological polar surface area (TPSA) is 61.4 Å². The Bertz CT molecular complexity index is 349. The Morgan fingerprint density at radius 3 is 2.74 bits per heavy atom. The highest BCUT2D eigenvalue weighted by atomic mass is 32.2. The number of nitrogens with one attached hydrogen (secondary N) is 2. The van der Waals surface area contributed by atoms with Crippen LogP contribution in [0.1, 0.15) is 32.6 Å². The minimum absolute atomic E-state index is 0.112. The molecule has 0 aromatic carbocycles. The van der Waals surface area contributed by atoms with Gasteiger partial charge in [-0.05, 0) is 45.0 Å². The van der Waals surface area contributed by atoms with E-state index in [-0.39, 0.29) is 6.04 Å². The SMILES string of the molecule is CCSC1CCC(NS(=O)(=O)N(C)CCCNC)C1. The van der Waals surface area contributed by atoms with Crippen LogP contribution in [0.2, 0.25) is 0 Å². The average molecular weight is 310 g/mol. The Morgan fingerprint density at radius 2 is 2.11 bits per heavy atom. The van der Waals surface area contributed by atoms with Crippen LogP contribution in [0.3, 0.4) is 0 Å². The van der Waals surface area contributed by atoms with Crippen LogP contribution in [0, 0.1) is 0 Å². The van der Waals surface area contributed by atoms with E-state index >= 15 is 0 Å². The quantitative estimate of drug-likeness (QED) is 0.625. The molecular formula is C12H27N3O2S2. The molecule has 1 saturated carbocycles. The maximum absolute atomic E-state index is 12.1. The zero-order valence-corrected chi connectivity index (χ0v) is 13.8. The van der Waals surface area contributed by atoms with E-state index in [1.54, 1.807) is 7.05 Å². The summed E-state index contributed by atoms with van der Waals surface area (Å²) in [6.07, 6.45) is 3.87. The summed E-state index contributed by atoms with van der Waals surface area (Å²) < 4.78 is 28.5. The van der Waals surface area contributed by atoms with Crippen molar-refractivity contribution in [1.29, 1.82) is 0 Å². The second-order valence-electron chi connectivity index (χ2n) is 4.99. The second kappa shape index (κ2) is 8.46. The molecule has 0 saturated heterocycles. The highest BCUT2D eigenvalue weighted by Crippen LogP contribution is 2.30. The standard InChI is InChI=1S/C12H27N3O2S2/c1-4-18-12-7-6-11(10-12)14-19(16,17)15(3)9-5-8-13-2/h11-14H,4-10H2,1-3H3. The van der Waals surface area contributed by atoms with Gasteiger partial charge in [0.25, 0.3) is 10.2 Å². The van der Waals surface area contributed by atoms with Crippen LogP contribution in [0.4, 0.5) is 0 Å². The first-order chi connectivity index (χ1) is 8.99. The van der Waals surface area contributed by atoms with Crippen molar-refractivity contribution in [3.8, 4) is 0 Å². The zero-order valence-electron chi connectivity index (χ0n) is 12.2. The molecule has 2 unspecified atom stereocenters. The van der Waals surface area contributed by atoms with Crippen molar-refractivity contribution in [2.24, 2.45) is 0 Å². The van der Waals surface area contributed by atoms with E-state index < -0.39 is 10.2 Å². The van der Waals surface area contributed by atoms with Crippen molar-refractivity contribution < 1.29 is 8.42 Å². The lowest BCUT2D eigenvalue weighted by atomic mass is 10.3. The molecule has 0 radical (unpaired) electrons. The predicted molar refractivity (Wildman–Crippen MR) is 82.8 cm³/mol. The number of thioether (sulfide) groups is 1. The lowest BCUT2D eigenvalue weighted by molar-refractivity contribution is 0.438. The van der Waals surface area contributed by atoms with Crippen LogP contribution in [-0.4, -0.2) is 57.0 Å². The minimum atomic E-state index is -3.32. The largest absolute Gasteiger partial charge is 0.320 e. The summed E-state index contributed by atoms with van der Waals surface area (Å²) in [6, 6.07) is 0.112. The first-order valence-corrected chi connectivity index (χ1v) is 9.48. The Morgan fingerprint density at radius 1 is 1.37 bits per heavy atom. The normalized spacial score (nSPS) is 24.2. The first-order valence-electron chi connectivity index (χ1n) is 6.99. The van der Waals surface area contributed by atoms with Crippen LogP contribution < -0.4 is 10.0 Å². The van der Waals surface area contributed by atoms with Gasteiger partial charge in [0.1, 0.15) is 0 Å². The Kier molecular flexibility index (Phi) is 7.68. The van der Waals surface area contributed by atoms with E-state index in [4.69, 9.17) is 0 Å². The molecule has 1 rings (SSSR count). The maximum Gasteiger partial charge on any atom is 0.279 e. The molecule has 0 aromatic rings. The molecule has 0 heterocycles. The first kappa shape index (κ1) is 17.2. The third-order valence-electron chi connectivity index (χ3n) is 3.41. The third-order valence-corrected chi connectivity index (χ3v) is 6.28. The smallest absolute Gasteiger partial charge is 0.279 e. The molecule has 0 amide bonds. The van der Waals surface area contributed by atoms with Gasteiger partial charge in [-0.1, -0.05) is 6.92 Å². The van der Waals surface area contributed by atoms with Gasteiger partial charge in [0.05, 0.1) is 0 Å². The van der Waals surface area contributed by atoms with E-state index in [0.717, 1.165) is 38.0 Å². The fraction of sp³-hybridized carbons (Fsp3) is 1.00. The lowest BCUT2D eigenvalue weighted by Crippen LogP contribution is -2.43. The molecule has 0 spiro atoms. The van der Waals surface area contributed by atoms with Crippen molar-refractivity contribution in [1.82, 2.24) is 14.3 Å². The molecule has 0 aromatic heterocycles. The molecule has 1 aliphatic rings. The molecule has 19 heavy (non-hydrogen) atoms. The third kappa shape index (κ3) is 5.99. The fourth-order valence-electron chi connectivity index (χ4n) is 2.33. The van der Waals surface area contributed by atoms with Crippen molar-refractivity contribution >= 4 is 22.0 Å². The van der Waals surface area contributed by atoms with Gasteiger partial charge in [0.2, 0.25) is 0 Å². The molecule has 5 nitrogen and oxygen atoms in total. The summed E-state index contributed by atoms with van der Waals surface area (Å²) in [5, 5.41) is 3.64. The van der Waals surface area contributed by atoms with Gasteiger partial charge in [-0.25, -0.2) is 0 Å². The van der Waals surface area contributed by atoms with Crippen LogP contribution in [0.25, 0.3) is 0 Å². The summed E-state index contributed by atoms with van der Waals surface area (Å²) in [7, 11) is 0.200. The number of rotatable bonds is 9. The van der Waals surface area contributed by atoms with Gasteiger partial charge in [-0.2, -0.15) is 29.2 Å². The van der Waals surface area contributed by atoms with Crippen molar-refractivity contribution in [2.45, 2.75) is 43.9 Å². The summed E-state index contributed by atoms with van der Waals surface area (Å²) in [6.45, 7) is 3.53. The van der Waals surface area contributed by atoms with Crippen LogP contribution in [-0.2, 0) is 10.2 Å². The molecule has 2 atom stereocenters. The van der Waals surface area contributed by atoms with Gasteiger partial charge < -0.3 is 5.32 Å². The van der Waals surface area contributed by atoms with Gasteiger partial charge >= 0.3 is 0 Å². The Labute approximate surface area is 122 Å². The van der Waals surface area contributed by atoms with E-state index in [1.165, 1.54) is 4.31 Å². The number of hydrogen-bond acceptors (Lipinski definition) is 4. The summed E-state index contributed by atoms with van der Waals surface area (Å²) in [4.78, 5) is 0. The molecular weight excluding hydrogens is 282 g/mol. The molecule has 1 fully saturated rings. The molecule has 0 aliphatic heterocycles. The Hall–Kier alpha value is 0.180. The summed E-state index contributed by atoms with van der Waals surface area (Å²) >= 11 is 1.94. The molecule has 114 valence electrons. The summed E-state index contributed by atoms with van der Waals surface area (Å²) in [5.74, 6) is 1.11. The van der Waals surface area contributed by atoms with Crippen molar-refractivity contribution in [3.05, 3.63) is 0 Å². The number of nitrogens with zero attached hydrogens (tertiary/aromatic N) is 1. The molecule has 0 bridgehead atoms. The molecule has 1 aliphatic carbocycles. The van der Waals surface area contributed by atoms with Crippen LogP contribution >= 0.6 is 11.8 Å². The van der Waals surface area contributed by atoms with Gasteiger partial charge in [0, 0.05) is 24.9 Å². The van der Waals surface area contributed by atoms with E-state index in [2.05, 4.69) is 17.0 Å². The Balaban J connectivity index is 2.38. The second-order valence-corrected chi connectivity index (χ2v) is 8.38. The van der Waals surface area contributed by atoms with Gasteiger partial charge in [0.15, 0.2) is 0 Å². The van der Waals surface area contributed by atoms with Crippen molar-refractivity contribution in [2.75, 3.05) is 32.9 Å². The minimum Gasteiger partial charge on any atom is -0.320 e. The fourth-order valence-corrected chi connectivity index (χ4v) is 4.66. The maximum atomic E-state index is 12.1. The van der Waals surface area contributed by atoms with Crippen molar-refractivity contribution in [3.63, 3.8) is 0 Å². The lowest BCUT2D eigenvalue weighted by Gasteiger charge is -2.20. The van der Waals surface area contributed by atoms with Crippen LogP contribution in [0.15, 0.2) is 0 Å². The summed E-state index contributed by atoms with van der Waals surface area (Å²) in [5.41, 5.74) is 0. The van der Waals surface area contributed by atoms with Gasteiger partial charge in [-0.15, -0.1) is 0 Å². The van der Waals surface area contributed by atoms with Gasteiger partial charge in [-0.3, -0.25) is 0 Å². The molecule has 7 heteroatoms. The van der Waals surface area contributed by atoms with Crippen LogP contribution in [0.5, 0.6) is 0 Å². The monoisotopic (exact) mass is 309 g/mol. The average Bonchev–Trinajstić information content (AvgIpc) is 2.76. The van der Waals surface area contributed by atoms with E-state index in [1.807, 2.05) is 18.8 Å². The van der Waals surface area contributed by atoms with E-state index in [0.29, 0.717) is 11.8 Å². The van der Waals surface area contributed by atoms with E-state index in [9.17, 15) is 8.42 Å². The highest BCUT2D eigenvalue weighted by Gasteiger charge is 2.29. The number of hydrogen-bond donors (Lipinski definition) is 2. The molecule has 2 N–H and O–H groups in total. The highest BCUT2D eigenvalue weighted by molar-refractivity contribution is 7.99.